The van der Waals surface area contributed by atoms with E-state index in [1.54, 1.807) is 5.57 Å². The predicted octanol–water partition coefficient (Wildman–Crippen LogP) is 8.21. The van der Waals surface area contributed by atoms with Crippen molar-refractivity contribution in [1.82, 2.24) is 0 Å². The molecule has 0 amide bonds. The Kier molecular flexibility index (Phi) is 5.17. The Morgan fingerprint density at radius 3 is 2.38 bits per heavy atom. The highest BCUT2D eigenvalue weighted by Gasteiger charge is 2.57. The predicted molar refractivity (Wildman–Crippen MR) is 129 cm³/mol. The fraction of sp³-hybridized carbons (Fsp3) is 0.643. The maximum atomic E-state index is 2.81. The maximum Gasteiger partial charge on any atom is 0.0550 e. The van der Waals surface area contributed by atoms with Gasteiger partial charge in [0.25, 0.3) is 0 Å². The lowest BCUT2D eigenvalue weighted by atomic mass is 9.81. The first-order valence-corrected chi connectivity index (χ1v) is 15.6. The van der Waals surface area contributed by atoms with Gasteiger partial charge in [0, 0.05) is 0 Å². The van der Waals surface area contributed by atoms with E-state index < -0.39 is 8.07 Å². The van der Waals surface area contributed by atoms with Crippen molar-refractivity contribution >= 4 is 13.6 Å². The summed E-state index contributed by atoms with van der Waals surface area (Å²) in [6, 6.07) is 11.2. The Bertz CT molecular complexity index is 788. The van der Waals surface area contributed by atoms with Gasteiger partial charge in [0.2, 0.25) is 0 Å². The second kappa shape index (κ2) is 7.56. The molecule has 0 spiro atoms. The third-order valence-corrected chi connectivity index (χ3v) is 15.1. The number of rotatable bonds is 3. The van der Waals surface area contributed by atoms with Crippen LogP contribution in [-0.2, 0) is 0 Å². The van der Waals surface area contributed by atoms with Crippen LogP contribution in [0, 0.1) is 35.5 Å². The van der Waals surface area contributed by atoms with Crippen molar-refractivity contribution in [2.45, 2.75) is 76.5 Å². The highest BCUT2D eigenvalue weighted by atomic mass is 28.3. The van der Waals surface area contributed by atoms with Crippen LogP contribution < -0.4 is 0 Å². The Morgan fingerprint density at radius 1 is 0.862 bits per heavy atom. The Morgan fingerprint density at radius 2 is 1.59 bits per heavy atom. The van der Waals surface area contributed by atoms with Gasteiger partial charge in [0.15, 0.2) is 0 Å². The molecule has 1 aromatic carbocycles. The second-order valence-corrected chi connectivity index (χ2v) is 16.5. The Hall–Kier alpha value is -1.08. The summed E-state index contributed by atoms with van der Waals surface area (Å²) in [7, 11) is -1.39. The lowest BCUT2D eigenvalue weighted by Crippen LogP contribution is -2.46. The van der Waals surface area contributed by atoms with E-state index in [2.05, 4.69) is 75.5 Å². The highest BCUT2D eigenvalue weighted by molar-refractivity contribution is 6.80. The third-order valence-electron chi connectivity index (χ3n) is 9.67. The van der Waals surface area contributed by atoms with Crippen LogP contribution in [0.1, 0.15) is 57.9 Å². The zero-order valence-electron chi connectivity index (χ0n) is 19.0. The van der Waals surface area contributed by atoms with Crippen molar-refractivity contribution in [2.75, 3.05) is 0 Å². The van der Waals surface area contributed by atoms with E-state index in [1.807, 2.05) is 0 Å². The highest BCUT2D eigenvalue weighted by Crippen LogP contribution is 2.64. The minimum atomic E-state index is -1.39. The topological polar surface area (TPSA) is 0 Å². The maximum absolute atomic E-state index is 2.81. The molecule has 4 aliphatic rings. The monoisotopic (exact) mass is 404 g/mol. The van der Waals surface area contributed by atoms with Crippen LogP contribution in [0.5, 0.6) is 0 Å². The van der Waals surface area contributed by atoms with Gasteiger partial charge in [-0.3, -0.25) is 0 Å². The standard InChI is InChI=1S/C28H40Si/c1-19-17-22-13-8-9-14-24(22)27(19)29(3,4)28-20(2)18-26-23(15-10-16-25(26)28)21-11-6-5-7-12-21/h5-7,10-12,15-16,19-20,22,24-28H,8-9,13-14,17-18H2,1-4H3/t19-,20?,22?,24?,25?,26?,27?,28-/m1/s1. The molecule has 0 aliphatic heterocycles. The zero-order chi connectivity index (χ0) is 20.2. The first kappa shape index (κ1) is 19.9. The summed E-state index contributed by atoms with van der Waals surface area (Å²) in [5.41, 5.74) is 5.08. The van der Waals surface area contributed by atoms with Gasteiger partial charge in [0.1, 0.15) is 0 Å². The van der Waals surface area contributed by atoms with Gasteiger partial charge < -0.3 is 0 Å². The zero-order valence-corrected chi connectivity index (χ0v) is 20.0. The summed E-state index contributed by atoms with van der Waals surface area (Å²) >= 11 is 0. The molecule has 6 unspecified atom stereocenters. The van der Waals surface area contributed by atoms with Crippen LogP contribution in [0.3, 0.4) is 0 Å². The van der Waals surface area contributed by atoms with E-state index in [9.17, 15) is 0 Å². The average Bonchev–Trinajstić information content (AvgIpc) is 3.24. The fourth-order valence-electron chi connectivity index (χ4n) is 9.06. The van der Waals surface area contributed by atoms with E-state index in [-0.39, 0.29) is 0 Å². The van der Waals surface area contributed by atoms with E-state index in [1.165, 1.54) is 44.1 Å². The first-order chi connectivity index (χ1) is 14.0. The van der Waals surface area contributed by atoms with E-state index in [4.69, 9.17) is 0 Å². The number of allylic oxidation sites excluding steroid dienone is 4. The average molecular weight is 405 g/mol. The summed E-state index contributed by atoms with van der Waals surface area (Å²) in [4.78, 5) is 0. The molecule has 1 heteroatoms. The van der Waals surface area contributed by atoms with Crippen molar-refractivity contribution in [1.29, 1.82) is 0 Å². The Balaban J connectivity index is 1.45. The number of fused-ring (bicyclic) bond motifs is 2. The third kappa shape index (κ3) is 3.23. The van der Waals surface area contributed by atoms with Crippen molar-refractivity contribution in [3.63, 3.8) is 0 Å². The molecule has 1 aromatic rings. The number of benzene rings is 1. The molecule has 0 radical (unpaired) electrons. The van der Waals surface area contributed by atoms with Crippen LogP contribution in [0.4, 0.5) is 0 Å². The van der Waals surface area contributed by atoms with Crippen LogP contribution in [0.2, 0.25) is 24.2 Å². The SMILES string of the molecule is CC1CC2C(c3ccccc3)=CC=CC2[C@@H]1[Si](C)(C)C1C2CCCCC2C[C@H]1C. The normalized spacial score (nSPS) is 41.7. The minimum absolute atomic E-state index is 0.744. The molecule has 156 valence electrons. The van der Waals surface area contributed by atoms with Crippen molar-refractivity contribution in [3.8, 4) is 0 Å². The van der Waals surface area contributed by atoms with Gasteiger partial charge >= 0.3 is 0 Å². The molecule has 5 rings (SSSR count). The molecule has 0 N–H and O–H groups in total. The quantitative estimate of drug-likeness (QED) is 0.445. The summed E-state index contributed by atoms with van der Waals surface area (Å²) in [6.07, 6.45) is 16.5. The molecule has 0 heterocycles. The van der Waals surface area contributed by atoms with Gasteiger partial charge in [-0.25, -0.2) is 0 Å². The van der Waals surface area contributed by atoms with Crippen molar-refractivity contribution in [3.05, 3.63) is 54.1 Å². The molecule has 0 nitrogen and oxygen atoms in total. The molecule has 4 aliphatic carbocycles. The molecule has 8 atom stereocenters. The van der Waals surface area contributed by atoms with Crippen molar-refractivity contribution in [2.24, 2.45) is 35.5 Å². The smallest absolute Gasteiger partial charge is 0.0550 e. The van der Waals surface area contributed by atoms with Gasteiger partial charge in [-0.1, -0.05) is 101 Å². The van der Waals surface area contributed by atoms with Gasteiger partial charge in [-0.05, 0) is 70.6 Å². The molecule has 3 saturated carbocycles. The Labute approximate surface area is 179 Å². The summed E-state index contributed by atoms with van der Waals surface area (Å²) in [5, 5.41) is 0. The van der Waals surface area contributed by atoms with Gasteiger partial charge in [-0.2, -0.15) is 0 Å². The van der Waals surface area contributed by atoms with Gasteiger partial charge in [-0.15, -0.1) is 0 Å². The largest absolute Gasteiger partial charge is 0.0808 e. The van der Waals surface area contributed by atoms with E-state index >= 15 is 0 Å². The van der Waals surface area contributed by atoms with Crippen LogP contribution in [0.25, 0.3) is 5.57 Å². The molecular weight excluding hydrogens is 364 g/mol. The van der Waals surface area contributed by atoms with Crippen LogP contribution in [-0.4, -0.2) is 8.07 Å². The van der Waals surface area contributed by atoms with Gasteiger partial charge in [0.05, 0.1) is 8.07 Å². The van der Waals surface area contributed by atoms with Crippen molar-refractivity contribution < 1.29 is 0 Å². The summed E-state index contributed by atoms with van der Waals surface area (Å²) in [6.45, 7) is 10.8. The fourth-order valence-corrected chi connectivity index (χ4v) is 15.6. The second-order valence-electron chi connectivity index (χ2n) is 11.6. The van der Waals surface area contributed by atoms with E-state index in [0.717, 1.165) is 46.6 Å². The number of hydrogen-bond donors (Lipinski definition) is 0. The lowest BCUT2D eigenvalue weighted by Gasteiger charge is -2.46. The molecule has 0 aromatic heterocycles. The molecular formula is C28H40Si. The summed E-state index contributed by atoms with van der Waals surface area (Å²) in [5.74, 6) is 5.48. The van der Waals surface area contributed by atoms with Crippen LogP contribution in [0.15, 0.2) is 48.6 Å². The van der Waals surface area contributed by atoms with Crippen LogP contribution >= 0.6 is 0 Å². The molecule has 3 fully saturated rings. The first-order valence-electron chi connectivity index (χ1n) is 12.4. The summed E-state index contributed by atoms with van der Waals surface area (Å²) < 4.78 is 0. The molecule has 29 heavy (non-hydrogen) atoms. The van der Waals surface area contributed by atoms with E-state index in [0.29, 0.717) is 0 Å². The molecule has 0 bridgehead atoms. The lowest BCUT2D eigenvalue weighted by molar-refractivity contribution is 0.273. The minimum Gasteiger partial charge on any atom is -0.0808 e. The number of hydrogen-bond acceptors (Lipinski definition) is 0. The molecule has 0 saturated heterocycles.